The van der Waals surface area contributed by atoms with Crippen molar-refractivity contribution in [3.63, 3.8) is 0 Å². The lowest BCUT2D eigenvalue weighted by molar-refractivity contribution is 0.452. The highest BCUT2D eigenvalue weighted by Gasteiger charge is 2.17. The van der Waals surface area contributed by atoms with Gasteiger partial charge in [0.15, 0.2) is 11.4 Å². The molecule has 3 aromatic rings. The van der Waals surface area contributed by atoms with E-state index in [9.17, 15) is 14.4 Å². The third kappa shape index (κ3) is 4.27. The van der Waals surface area contributed by atoms with Gasteiger partial charge in [-0.25, -0.2) is 9.89 Å². The fourth-order valence-corrected chi connectivity index (χ4v) is 3.14. The maximum atomic E-state index is 12.2. The van der Waals surface area contributed by atoms with E-state index in [-0.39, 0.29) is 51.0 Å². The highest BCUT2D eigenvalue weighted by Crippen LogP contribution is 2.38. The van der Waals surface area contributed by atoms with Crippen LogP contribution in [-0.2, 0) is 6.54 Å². The van der Waals surface area contributed by atoms with Gasteiger partial charge < -0.3 is 4.74 Å². The number of aromatic nitrogens is 5. The molecule has 0 bridgehead atoms. The first-order chi connectivity index (χ1) is 14.2. The normalized spacial score (nSPS) is 10.8. The average Bonchev–Trinajstić information content (AvgIpc) is 2.67. The number of H-pyrrole nitrogens is 2. The second-order valence-electron chi connectivity index (χ2n) is 6.44. The standard InChI is InChI=1S/C18H14Cl2N6O4/c1-8(2)10-7-13(23-24-16(10)27)30-15-11(19)5-9(6-12(15)20)14-17(28)22-18(29)26(25-14)4-3-21/h5-8H,4H2,1-2H3,(H,24,27)(H,22,28,29). The van der Waals surface area contributed by atoms with E-state index >= 15 is 0 Å². The minimum Gasteiger partial charge on any atom is -0.434 e. The number of hydrogen-bond donors (Lipinski definition) is 2. The van der Waals surface area contributed by atoms with Gasteiger partial charge in [-0.1, -0.05) is 37.0 Å². The first-order valence-corrected chi connectivity index (χ1v) is 9.32. The van der Waals surface area contributed by atoms with E-state index in [0.29, 0.717) is 5.56 Å². The highest BCUT2D eigenvalue weighted by molar-refractivity contribution is 6.37. The number of aromatic amines is 2. The van der Waals surface area contributed by atoms with Crippen LogP contribution in [0.15, 0.2) is 32.6 Å². The van der Waals surface area contributed by atoms with Crippen molar-refractivity contribution < 1.29 is 4.74 Å². The zero-order valence-corrected chi connectivity index (χ0v) is 17.2. The zero-order valence-electron chi connectivity index (χ0n) is 15.7. The number of rotatable bonds is 5. The van der Waals surface area contributed by atoms with Crippen molar-refractivity contribution in [2.45, 2.75) is 26.3 Å². The summed E-state index contributed by atoms with van der Waals surface area (Å²) in [5, 5.41) is 18.9. The molecule has 2 N–H and O–H groups in total. The fraction of sp³-hybridized carbons (Fsp3) is 0.222. The Kier molecular flexibility index (Phi) is 6.05. The van der Waals surface area contributed by atoms with Crippen LogP contribution in [0.2, 0.25) is 10.0 Å². The average molecular weight is 449 g/mol. The number of hydrogen-bond acceptors (Lipinski definition) is 7. The topological polar surface area (TPSA) is 147 Å². The van der Waals surface area contributed by atoms with Crippen LogP contribution in [0.5, 0.6) is 11.6 Å². The summed E-state index contributed by atoms with van der Waals surface area (Å²) in [5.41, 5.74) is -1.37. The Morgan fingerprint density at radius 3 is 2.43 bits per heavy atom. The van der Waals surface area contributed by atoms with Crippen molar-refractivity contribution in [3.8, 4) is 29.0 Å². The summed E-state index contributed by atoms with van der Waals surface area (Å²) < 4.78 is 6.44. The summed E-state index contributed by atoms with van der Waals surface area (Å²) in [6, 6.07) is 6.00. The molecule has 2 heterocycles. The smallest absolute Gasteiger partial charge is 0.345 e. The number of halogens is 2. The molecule has 2 aromatic heterocycles. The number of nitrogens with one attached hydrogen (secondary N) is 2. The first-order valence-electron chi connectivity index (χ1n) is 8.56. The number of benzene rings is 1. The molecule has 30 heavy (non-hydrogen) atoms. The molecule has 0 aliphatic heterocycles. The molecule has 12 heteroatoms. The molecule has 1 aromatic carbocycles. The summed E-state index contributed by atoms with van der Waals surface area (Å²) in [5.74, 6) is 0.0702. The largest absolute Gasteiger partial charge is 0.434 e. The number of ether oxygens (including phenoxy) is 1. The predicted octanol–water partition coefficient (Wildman–Crippen LogP) is 2.43. The van der Waals surface area contributed by atoms with Gasteiger partial charge in [-0.15, -0.1) is 5.10 Å². The Morgan fingerprint density at radius 1 is 1.17 bits per heavy atom. The van der Waals surface area contributed by atoms with Crippen molar-refractivity contribution in [1.29, 1.82) is 5.26 Å². The molecule has 0 atom stereocenters. The lowest BCUT2D eigenvalue weighted by Crippen LogP contribution is -2.33. The van der Waals surface area contributed by atoms with Crippen LogP contribution in [0.4, 0.5) is 0 Å². The minimum atomic E-state index is -0.812. The Morgan fingerprint density at radius 2 is 1.83 bits per heavy atom. The van der Waals surface area contributed by atoms with E-state index < -0.39 is 11.2 Å². The van der Waals surface area contributed by atoms with E-state index in [4.69, 9.17) is 33.2 Å². The summed E-state index contributed by atoms with van der Waals surface area (Å²) in [6.07, 6.45) is 0. The molecule has 0 aliphatic rings. The predicted molar refractivity (Wildman–Crippen MR) is 109 cm³/mol. The Bertz CT molecular complexity index is 1310. The fourth-order valence-electron chi connectivity index (χ4n) is 2.58. The van der Waals surface area contributed by atoms with Gasteiger partial charge >= 0.3 is 5.69 Å². The first kappa shape index (κ1) is 21.3. The van der Waals surface area contributed by atoms with Crippen molar-refractivity contribution >= 4 is 23.2 Å². The van der Waals surface area contributed by atoms with Crippen molar-refractivity contribution in [3.05, 3.63) is 65.0 Å². The molecule has 0 saturated heterocycles. The van der Waals surface area contributed by atoms with Crippen LogP contribution in [0.3, 0.4) is 0 Å². The second kappa shape index (κ2) is 8.52. The van der Waals surface area contributed by atoms with Crippen LogP contribution in [0.1, 0.15) is 25.3 Å². The van der Waals surface area contributed by atoms with Gasteiger partial charge in [0.05, 0.1) is 16.1 Å². The molecule has 0 saturated carbocycles. The third-order valence-electron chi connectivity index (χ3n) is 4.02. The van der Waals surface area contributed by atoms with Gasteiger partial charge in [-0.3, -0.25) is 14.6 Å². The molecule has 3 rings (SSSR count). The lowest BCUT2D eigenvalue weighted by Gasteiger charge is -2.12. The molecule has 0 fully saturated rings. The van der Waals surface area contributed by atoms with Crippen LogP contribution < -0.4 is 21.5 Å². The maximum absolute atomic E-state index is 12.2. The van der Waals surface area contributed by atoms with Crippen LogP contribution in [0, 0.1) is 11.3 Å². The van der Waals surface area contributed by atoms with Crippen molar-refractivity contribution in [1.82, 2.24) is 25.0 Å². The van der Waals surface area contributed by atoms with E-state index in [0.717, 1.165) is 4.68 Å². The molecular formula is C18H14Cl2N6O4. The third-order valence-corrected chi connectivity index (χ3v) is 4.58. The monoisotopic (exact) mass is 448 g/mol. The molecule has 0 amide bonds. The van der Waals surface area contributed by atoms with E-state index in [2.05, 4.69) is 20.3 Å². The molecular weight excluding hydrogens is 435 g/mol. The van der Waals surface area contributed by atoms with Gasteiger partial charge in [0.2, 0.25) is 5.88 Å². The van der Waals surface area contributed by atoms with E-state index in [1.807, 2.05) is 13.8 Å². The zero-order chi connectivity index (χ0) is 22.0. The molecule has 0 spiro atoms. The van der Waals surface area contributed by atoms with Crippen LogP contribution >= 0.6 is 23.2 Å². The molecule has 0 unspecified atom stereocenters. The molecule has 0 aliphatic carbocycles. The van der Waals surface area contributed by atoms with E-state index in [1.54, 1.807) is 6.07 Å². The van der Waals surface area contributed by atoms with E-state index in [1.165, 1.54) is 18.2 Å². The maximum Gasteiger partial charge on any atom is 0.345 e. The Hall–Kier alpha value is -3.42. The second-order valence-corrected chi connectivity index (χ2v) is 7.25. The van der Waals surface area contributed by atoms with Gasteiger partial charge in [-0.2, -0.15) is 15.0 Å². The van der Waals surface area contributed by atoms with Crippen LogP contribution in [0.25, 0.3) is 11.3 Å². The molecule has 0 radical (unpaired) electrons. The van der Waals surface area contributed by atoms with Gasteiger partial charge in [-0.05, 0) is 18.1 Å². The Balaban J connectivity index is 2.04. The van der Waals surface area contributed by atoms with Gasteiger partial charge in [0.25, 0.3) is 11.1 Å². The summed E-state index contributed by atoms with van der Waals surface area (Å²) in [7, 11) is 0. The minimum absolute atomic E-state index is 0.0378. The molecule has 10 nitrogen and oxygen atoms in total. The van der Waals surface area contributed by atoms with Gasteiger partial charge in [0.1, 0.15) is 6.54 Å². The summed E-state index contributed by atoms with van der Waals surface area (Å²) >= 11 is 12.6. The van der Waals surface area contributed by atoms with Gasteiger partial charge in [0, 0.05) is 17.2 Å². The number of nitrogens with zero attached hydrogens (tertiary/aromatic N) is 4. The lowest BCUT2D eigenvalue weighted by atomic mass is 10.1. The molecule has 154 valence electrons. The quantitative estimate of drug-likeness (QED) is 0.608. The SMILES string of the molecule is CC(C)c1cc(Oc2c(Cl)cc(-c3nn(CC#N)c(=O)[nH]c3=O)cc2Cl)n[nH]c1=O. The number of nitriles is 1. The summed E-state index contributed by atoms with van der Waals surface area (Å²) in [4.78, 5) is 37.8. The Labute approximate surface area is 178 Å². The van der Waals surface area contributed by atoms with Crippen molar-refractivity contribution in [2.24, 2.45) is 0 Å². The highest BCUT2D eigenvalue weighted by atomic mass is 35.5. The summed E-state index contributed by atoms with van der Waals surface area (Å²) in [6.45, 7) is 3.35. The van der Waals surface area contributed by atoms with Crippen LogP contribution in [-0.4, -0.2) is 25.0 Å². The van der Waals surface area contributed by atoms with Crippen molar-refractivity contribution in [2.75, 3.05) is 0 Å².